The quantitative estimate of drug-likeness (QED) is 0.647. The van der Waals surface area contributed by atoms with Crippen LogP contribution < -0.4 is 9.62 Å². The third-order valence-corrected chi connectivity index (χ3v) is 5.87. The fourth-order valence-electron chi connectivity index (χ4n) is 3.02. The predicted molar refractivity (Wildman–Crippen MR) is 110 cm³/mol. The maximum Gasteiger partial charge on any atom is 0.263 e. The lowest BCUT2D eigenvalue weighted by Gasteiger charge is -2.23. The minimum atomic E-state index is -3.85. The van der Waals surface area contributed by atoms with Gasteiger partial charge in [-0.05, 0) is 74.4 Å². The topological polar surface area (TPSA) is 62.3 Å². The van der Waals surface area contributed by atoms with E-state index in [1.165, 1.54) is 12.1 Å². The lowest BCUT2D eigenvalue weighted by Crippen LogP contribution is -2.17. The Morgan fingerprint density at radius 1 is 1.04 bits per heavy atom. The van der Waals surface area contributed by atoms with Crippen LogP contribution in [0, 0.1) is 19.7 Å². The normalized spacial score (nSPS) is 11.3. The Hall–Kier alpha value is -2.93. The summed E-state index contributed by atoms with van der Waals surface area (Å²) < 4.78 is 40.9. The number of aromatic nitrogens is 1. The molecule has 3 aromatic rings. The fraction of sp³-hybridized carbons (Fsp3) is 0.190. The van der Waals surface area contributed by atoms with Gasteiger partial charge in [0, 0.05) is 12.2 Å². The van der Waals surface area contributed by atoms with Crippen molar-refractivity contribution in [1.29, 1.82) is 0 Å². The lowest BCUT2D eigenvalue weighted by atomic mass is 10.2. The van der Waals surface area contributed by atoms with Gasteiger partial charge in [-0.25, -0.2) is 17.8 Å². The lowest BCUT2D eigenvalue weighted by molar-refractivity contribution is 0.598. The molecule has 1 N–H and O–H groups in total. The number of hydrogen-bond donors (Lipinski definition) is 1. The Morgan fingerprint density at radius 3 is 2.43 bits per heavy atom. The summed E-state index contributed by atoms with van der Waals surface area (Å²) in [4.78, 5) is 6.36. The second kappa shape index (κ2) is 7.98. The van der Waals surface area contributed by atoms with Gasteiger partial charge < -0.3 is 4.90 Å². The molecule has 28 heavy (non-hydrogen) atoms. The van der Waals surface area contributed by atoms with E-state index in [0.717, 1.165) is 29.5 Å². The smallest absolute Gasteiger partial charge is 0.263 e. The molecule has 1 aromatic heterocycles. The standard InChI is InChI=1S/C21H22FN3O2S/c1-4-25(18-7-5-6-15(2)12-18)19-9-11-21(23-14-19)24-28(26,27)20-10-8-17(22)13-16(20)3/h5-14H,4H2,1-3H3,(H,23,24). The second-order valence-electron chi connectivity index (χ2n) is 6.50. The minimum Gasteiger partial charge on any atom is -0.341 e. The predicted octanol–water partition coefficient (Wildman–Crippen LogP) is 4.80. The largest absolute Gasteiger partial charge is 0.341 e. The Balaban J connectivity index is 1.84. The van der Waals surface area contributed by atoms with Crippen molar-refractivity contribution in [3.63, 3.8) is 0 Å². The molecule has 0 spiro atoms. The number of anilines is 3. The molecule has 146 valence electrons. The molecule has 0 aliphatic heterocycles. The molecule has 0 aliphatic rings. The van der Waals surface area contributed by atoms with E-state index < -0.39 is 15.8 Å². The van der Waals surface area contributed by atoms with Gasteiger partial charge in [0.1, 0.15) is 11.6 Å². The number of hydrogen-bond acceptors (Lipinski definition) is 4. The molecular formula is C21H22FN3O2S. The number of nitrogens with zero attached hydrogens (tertiary/aromatic N) is 2. The average molecular weight is 399 g/mol. The maximum atomic E-state index is 13.2. The molecular weight excluding hydrogens is 377 g/mol. The van der Waals surface area contributed by atoms with Gasteiger partial charge in [0.25, 0.3) is 10.0 Å². The van der Waals surface area contributed by atoms with Gasteiger partial charge in [0.15, 0.2) is 0 Å². The Kier molecular flexibility index (Phi) is 5.65. The highest BCUT2D eigenvalue weighted by Crippen LogP contribution is 2.26. The van der Waals surface area contributed by atoms with E-state index in [1.807, 2.05) is 38.1 Å². The Bertz CT molecular complexity index is 1080. The molecule has 1 heterocycles. The van der Waals surface area contributed by atoms with E-state index in [0.29, 0.717) is 5.56 Å². The van der Waals surface area contributed by atoms with Gasteiger partial charge in [-0.3, -0.25) is 4.72 Å². The van der Waals surface area contributed by atoms with E-state index >= 15 is 0 Å². The molecule has 0 saturated carbocycles. The first kappa shape index (κ1) is 19.8. The number of aryl methyl sites for hydroxylation is 2. The zero-order valence-corrected chi connectivity index (χ0v) is 16.8. The van der Waals surface area contributed by atoms with Crippen molar-refractivity contribution in [1.82, 2.24) is 4.98 Å². The summed E-state index contributed by atoms with van der Waals surface area (Å²) in [6, 6.07) is 15.1. The summed E-state index contributed by atoms with van der Waals surface area (Å²) in [6.07, 6.45) is 1.63. The van der Waals surface area contributed by atoms with Gasteiger partial charge in [0.05, 0.1) is 16.8 Å². The summed E-state index contributed by atoms with van der Waals surface area (Å²) in [7, 11) is -3.85. The molecule has 0 amide bonds. The number of halogens is 1. The zero-order chi connectivity index (χ0) is 20.3. The molecule has 0 radical (unpaired) electrons. The molecule has 2 aromatic carbocycles. The number of nitrogens with one attached hydrogen (secondary N) is 1. The highest BCUT2D eigenvalue weighted by atomic mass is 32.2. The fourth-order valence-corrected chi connectivity index (χ4v) is 4.26. The summed E-state index contributed by atoms with van der Waals surface area (Å²) in [5, 5.41) is 0. The highest BCUT2D eigenvalue weighted by molar-refractivity contribution is 7.92. The molecule has 0 bridgehead atoms. The van der Waals surface area contributed by atoms with E-state index in [-0.39, 0.29) is 10.7 Å². The van der Waals surface area contributed by atoms with Crippen LogP contribution in [0.1, 0.15) is 18.1 Å². The first-order valence-corrected chi connectivity index (χ1v) is 10.4. The first-order chi connectivity index (χ1) is 13.3. The molecule has 0 aliphatic carbocycles. The number of benzene rings is 2. The van der Waals surface area contributed by atoms with E-state index in [1.54, 1.807) is 19.2 Å². The summed E-state index contributed by atoms with van der Waals surface area (Å²) in [5.74, 6) is -0.275. The second-order valence-corrected chi connectivity index (χ2v) is 8.15. The molecule has 7 heteroatoms. The molecule has 5 nitrogen and oxygen atoms in total. The van der Waals surface area contributed by atoms with Crippen LogP contribution in [0.5, 0.6) is 0 Å². The number of sulfonamides is 1. The Morgan fingerprint density at radius 2 is 1.82 bits per heavy atom. The van der Waals surface area contributed by atoms with Crippen LogP contribution in [0.2, 0.25) is 0 Å². The van der Waals surface area contributed by atoms with Crippen molar-refractivity contribution >= 4 is 27.2 Å². The number of rotatable bonds is 6. The molecule has 3 rings (SSSR count). The molecule has 0 unspecified atom stereocenters. The maximum absolute atomic E-state index is 13.2. The van der Waals surface area contributed by atoms with Crippen molar-refractivity contribution in [2.45, 2.75) is 25.7 Å². The van der Waals surface area contributed by atoms with E-state index in [4.69, 9.17) is 0 Å². The van der Waals surface area contributed by atoms with Crippen LogP contribution in [0.4, 0.5) is 21.6 Å². The van der Waals surface area contributed by atoms with Gasteiger partial charge >= 0.3 is 0 Å². The summed E-state index contributed by atoms with van der Waals surface area (Å²) in [6.45, 7) is 6.36. The van der Waals surface area contributed by atoms with Gasteiger partial charge in [-0.2, -0.15) is 0 Å². The van der Waals surface area contributed by atoms with Crippen molar-refractivity contribution in [2.75, 3.05) is 16.2 Å². The van der Waals surface area contributed by atoms with Crippen molar-refractivity contribution in [2.24, 2.45) is 0 Å². The van der Waals surface area contributed by atoms with Crippen LogP contribution in [0.15, 0.2) is 65.7 Å². The van der Waals surface area contributed by atoms with Gasteiger partial charge in [0.2, 0.25) is 0 Å². The van der Waals surface area contributed by atoms with Crippen LogP contribution in [0.3, 0.4) is 0 Å². The van der Waals surface area contributed by atoms with Crippen LogP contribution in [-0.4, -0.2) is 19.9 Å². The van der Waals surface area contributed by atoms with Crippen LogP contribution in [-0.2, 0) is 10.0 Å². The average Bonchev–Trinajstić information content (AvgIpc) is 2.63. The van der Waals surface area contributed by atoms with E-state index in [9.17, 15) is 12.8 Å². The molecule has 0 saturated heterocycles. The summed E-state index contributed by atoms with van der Waals surface area (Å²) in [5.41, 5.74) is 3.39. The first-order valence-electron chi connectivity index (χ1n) is 8.89. The highest BCUT2D eigenvalue weighted by Gasteiger charge is 2.18. The van der Waals surface area contributed by atoms with Crippen LogP contribution >= 0.6 is 0 Å². The van der Waals surface area contributed by atoms with Gasteiger partial charge in [-0.15, -0.1) is 0 Å². The monoisotopic (exact) mass is 399 g/mol. The van der Waals surface area contributed by atoms with Crippen molar-refractivity contribution < 1.29 is 12.8 Å². The zero-order valence-electron chi connectivity index (χ0n) is 16.0. The van der Waals surface area contributed by atoms with Crippen molar-refractivity contribution in [3.05, 3.63) is 77.7 Å². The molecule has 0 atom stereocenters. The SMILES string of the molecule is CCN(c1ccc(NS(=O)(=O)c2ccc(F)cc2C)nc1)c1cccc(C)c1. The number of pyridine rings is 1. The third kappa shape index (κ3) is 4.31. The van der Waals surface area contributed by atoms with E-state index in [2.05, 4.69) is 20.7 Å². The minimum absolute atomic E-state index is 0.0229. The third-order valence-electron chi connectivity index (χ3n) is 4.35. The molecule has 0 fully saturated rings. The Labute approximate surface area is 164 Å². The van der Waals surface area contributed by atoms with Gasteiger partial charge in [-0.1, -0.05) is 12.1 Å². The van der Waals surface area contributed by atoms with Crippen molar-refractivity contribution in [3.8, 4) is 0 Å². The summed E-state index contributed by atoms with van der Waals surface area (Å²) >= 11 is 0. The van der Waals surface area contributed by atoms with Crippen LogP contribution in [0.25, 0.3) is 0 Å².